The monoisotopic (exact) mass is 549 g/mol. The second-order valence-electron chi connectivity index (χ2n) is 8.31. The first-order valence-corrected chi connectivity index (χ1v) is 12.3. The fourth-order valence-corrected chi connectivity index (χ4v) is 4.98. The van der Waals surface area contributed by atoms with Gasteiger partial charge < -0.3 is 20.0 Å². The van der Waals surface area contributed by atoms with Crippen molar-refractivity contribution in [2.24, 2.45) is 10.9 Å². The fraction of sp³-hybridized carbons (Fsp3) is 0.857. The Bertz CT molecular complexity index is 631. The number of anilines is 1. The maximum Gasteiger partial charge on any atom is 0.205 e. The third-order valence-electron chi connectivity index (χ3n) is 5.84. The van der Waals surface area contributed by atoms with Gasteiger partial charge in [0.15, 0.2) is 5.96 Å². The Morgan fingerprint density at radius 1 is 1.17 bits per heavy atom. The van der Waals surface area contributed by atoms with E-state index in [9.17, 15) is 0 Å². The van der Waals surface area contributed by atoms with Crippen LogP contribution < -0.4 is 10.2 Å². The van der Waals surface area contributed by atoms with Crippen LogP contribution in [0, 0.1) is 5.92 Å². The van der Waals surface area contributed by atoms with Gasteiger partial charge in [-0.2, -0.15) is 4.37 Å². The SMILES string of the molecule is CCNC(=NCCCCN1CCCC(C)C1)N1CCN(c2nc(CC)ns2)CC1.I. The molecule has 3 rings (SSSR count). The minimum absolute atomic E-state index is 0. The molecule has 2 aliphatic rings. The van der Waals surface area contributed by atoms with E-state index in [1.165, 1.54) is 56.9 Å². The third kappa shape index (κ3) is 7.78. The summed E-state index contributed by atoms with van der Waals surface area (Å²) < 4.78 is 4.42. The lowest BCUT2D eigenvalue weighted by Crippen LogP contribution is -2.52. The number of aromatic nitrogens is 2. The molecule has 1 aromatic rings. The highest BCUT2D eigenvalue weighted by Crippen LogP contribution is 2.19. The van der Waals surface area contributed by atoms with E-state index in [0.29, 0.717) is 0 Å². The first kappa shape index (κ1) is 25.6. The Morgan fingerprint density at radius 3 is 2.63 bits per heavy atom. The minimum atomic E-state index is 0. The van der Waals surface area contributed by atoms with Crippen LogP contribution in [0.2, 0.25) is 0 Å². The second-order valence-corrected chi connectivity index (χ2v) is 9.04. The summed E-state index contributed by atoms with van der Waals surface area (Å²) in [7, 11) is 0. The number of likely N-dealkylation sites (tertiary alicyclic amines) is 1. The first-order valence-electron chi connectivity index (χ1n) is 11.5. The highest BCUT2D eigenvalue weighted by atomic mass is 127. The number of hydrogen-bond acceptors (Lipinski definition) is 6. The number of guanidine groups is 1. The Balaban J connectivity index is 0.00000320. The summed E-state index contributed by atoms with van der Waals surface area (Å²) in [6, 6.07) is 0. The largest absolute Gasteiger partial charge is 0.357 e. The Labute approximate surface area is 203 Å². The lowest BCUT2D eigenvalue weighted by Gasteiger charge is -2.36. The molecule has 2 saturated heterocycles. The highest BCUT2D eigenvalue weighted by molar-refractivity contribution is 14.0. The number of aliphatic imine (C=N–C) groups is 1. The van der Waals surface area contributed by atoms with Crippen molar-refractivity contribution in [1.29, 1.82) is 0 Å². The molecular weight excluding hydrogens is 509 g/mol. The summed E-state index contributed by atoms with van der Waals surface area (Å²) >= 11 is 1.53. The van der Waals surface area contributed by atoms with Crippen molar-refractivity contribution in [2.75, 3.05) is 63.8 Å². The molecule has 7 nitrogen and oxygen atoms in total. The van der Waals surface area contributed by atoms with Crippen LogP contribution in [0.15, 0.2) is 4.99 Å². The molecule has 0 saturated carbocycles. The van der Waals surface area contributed by atoms with Crippen molar-refractivity contribution in [1.82, 2.24) is 24.5 Å². The van der Waals surface area contributed by atoms with Gasteiger partial charge in [-0.05, 0) is 51.6 Å². The van der Waals surface area contributed by atoms with E-state index >= 15 is 0 Å². The molecule has 0 spiro atoms. The van der Waals surface area contributed by atoms with Crippen molar-refractivity contribution in [3.8, 4) is 0 Å². The minimum Gasteiger partial charge on any atom is -0.357 e. The average Bonchev–Trinajstić information content (AvgIpc) is 3.22. The summed E-state index contributed by atoms with van der Waals surface area (Å²) in [6.07, 6.45) is 6.10. The van der Waals surface area contributed by atoms with E-state index < -0.39 is 0 Å². The van der Waals surface area contributed by atoms with Gasteiger partial charge in [0.2, 0.25) is 5.13 Å². The van der Waals surface area contributed by atoms with Crippen LogP contribution in [0.25, 0.3) is 0 Å². The molecule has 0 aromatic carbocycles. The molecule has 1 N–H and O–H groups in total. The molecule has 0 radical (unpaired) electrons. The molecule has 1 aromatic heterocycles. The standard InChI is InChI=1S/C21H39N7S.HI/c1-4-19-24-21(29-25-19)28-15-13-27(14-16-28)20(22-5-2)23-10-6-7-11-26-12-8-9-18(3)17-26;/h18H,4-17H2,1-3H3,(H,22,23);1H. The molecular formula is C21H40IN7S. The molecule has 2 aliphatic heterocycles. The highest BCUT2D eigenvalue weighted by Gasteiger charge is 2.22. The maximum absolute atomic E-state index is 4.92. The van der Waals surface area contributed by atoms with Gasteiger partial charge in [0.05, 0.1) is 0 Å². The number of piperidine rings is 1. The summed E-state index contributed by atoms with van der Waals surface area (Å²) in [5.74, 6) is 2.90. The molecule has 0 amide bonds. The number of piperazine rings is 1. The molecule has 1 atom stereocenters. The quantitative estimate of drug-likeness (QED) is 0.233. The Morgan fingerprint density at radius 2 is 1.97 bits per heavy atom. The lowest BCUT2D eigenvalue weighted by molar-refractivity contribution is 0.181. The van der Waals surface area contributed by atoms with Crippen LogP contribution in [0.4, 0.5) is 5.13 Å². The van der Waals surface area contributed by atoms with E-state index in [4.69, 9.17) is 4.99 Å². The van der Waals surface area contributed by atoms with Crippen molar-refractivity contribution in [2.45, 2.75) is 52.9 Å². The topological polar surface area (TPSA) is 59.9 Å². The van der Waals surface area contributed by atoms with Crippen molar-refractivity contribution < 1.29 is 0 Å². The van der Waals surface area contributed by atoms with Crippen LogP contribution in [-0.2, 0) is 6.42 Å². The maximum atomic E-state index is 4.92. The van der Waals surface area contributed by atoms with Crippen LogP contribution in [-0.4, -0.2) is 84.0 Å². The molecule has 1 unspecified atom stereocenters. The van der Waals surface area contributed by atoms with Gasteiger partial charge in [-0.25, -0.2) is 4.98 Å². The van der Waals surface area contributed by atoms with Gasteiger partial charge in [0, 0.05) is 63.8 Å². The van der Waals surface area contributed by atoms with Crippen LogP contribution in [0.5, 0.6) is 0 Å². The lowest BCUT2D eigenvalue weighted by atomic mass is 10.0. The number of halogens is 1. The third-order valence-corrected chi connectivity index (χ3v) is 6.66. The number of nitrogens with one attached hydrogen (secondary N) is 1. The van der Waals surface area contributed by atoms with Crippen LogP contribution in [0.3, 0.4) is 0 Å². The van der Waals surface area contributed by atoms with Gasteiger partial charge >= 0.3 is 0 Å². The molecule has 0 bridgehead atoms. The molecule has 30 heavy (non-hydrogen) atoms. The number of nitrogens with zero attached hydrogens (tertiary/aromatic N) is 6. The number of aryl methyl sites for hydroxylation is 1. The van der Waals surface area contributed by atoms with Gasteiger partial charge in [0.25, 0.3) is 0 Å². The molecule has 172 valence electrons. The van der Waals surface area contributed by atoms with Gasteiger partial charge in [0.1, 0.15) is 5.82 Å². The molecule has 0 aliphatic carbocycles. The zero-order valence-electron chi connectivity index (χ0n) is 19.0. The van der Waals surface area contributed by atoms with Gasteiger partial charge in [-0.1, -0.05) is 13.8 Å². The van der Waals surface area contributed by atoms with Crippen molar-refractivity contribution >= 4 is 46.6 Å². The van der Waals surface area contributed by atoms with Crippen LogP contribution >= 0.6 is 35.5 Å². The average molecular weight is 550 g/mol. The van der Waals surface area contributed by atoms with Gasteiger partial charge in [-0.15, -0.1) is 24.0 Å². The van der Waals surface area contributed by atoms with Gasteiger partial charge in [-0.3, -0.25) is 4.99 Å². The number of rotatable bonds is 8. The normalized spacial score (nSPS) is 20.9. The summed E-state index contributed by atoms with van der Waals surface area (Å²) in [5, 5.41) is 4.55. The van der Waals surface area contributed by atoms with E-state index in [2.05, 4.69) is 50.1 Å². The molecule has 3 heterocycles. The predicted octanol–water partition coefficient (Wildman–Crippen LogP) is 3.32. The summed E-state index contributed by atoms with van der Waals surface area (Å²) in [6.45, 7) is 16.2. The van der Waals surface area contributed by atoms with Crippen LogP contribution in [0.1, 0.15) is 52.3 Å². The number of hydrogen-bond donors (Lipinski definition) is 1. The Hall–Kier alpha value is -0.680. The first-order chi connectivity index (χ1) is 14.2. The van der Waals surface area contributed by atoms with E-state index in [1.807, 2.05) is 0 Å². The summed E-state index contributed by atoms with van der Waals surface area (Å²) in [4.78, 5) is 16.9. The zero-order chi connectivity index (χ0) is 20.5. The molecule has 9 heteroatoms. The Kier molecular flexibility index (Phi) is 11.7. The summed E-state index contributed by atoms with van der Waals surface area (Å²) in [5.41, 5.74) is 0. The van der Waals surface area contributed by atoms with E-state index in [1.54, 1.807) is 0 Å². The number of unbranched alkanes of at least 4 members (excludes halogenated alkanes) is 1. The second kappa shape index (κ2) is 13.7. The smallest absolute Gasteiger partial charge is 0.205 e. The van der Waals surface area contributed by atoms with E-state index in [0.717, 1.165) is 68.5 Å². The fourth-order valence-electron chi connectivity index (χ4n) is 4.17. The molecule has 2 fully saturated rings. The van der Waals surface area contributed by atoms with Crippen molar-refractivity contribution in [3.05, 3.63) is 5.82 Å². The van der Waals surface area contributed by atoms with E-state index in [-0.39, 0.29) is 24.0 Å². The predicted molar refractivity (Wildman–Crippen MR) is 139 cm³/mol. The zero-order valence-corrected chi connectivity index (χ0v) is 22.1. The van der Waals surface area contributed by atoms with Crippen molar-refractivity contribution in [3.63, 3.8) is 0 Å².